The topological polar surface area (TPSA) is 95.5 Å². The largest absolute Gasteiger partial charge is 0.481 e. The third-order valence-corrected chi connectivity index (χ3v) is 3.38. The number of carboxylic acid groups (broad SMARTS) is 1. The first-order chi connectivity index (χ1) is 10.8. The molecule has 23 heavy (non-hydrogen) atoms. The van der Waals surface area contributed by atoms with Crippen molar-refractivity contribution in [3.8, 4) is 0 Å². The molecular weight excluding hydrogens is 296 g/mol. The van der Waals surface area contributed by atoms with Gasteiger partial charge in [0.05, 0.1) is 0 Å². The highest BCUT2D eigenvalue weighted by molar-refractivity contribution is 5.97. The second-order valence-corrected chi connectivity index (χ2v) is 5.85. The van der Waals surface area contributed by atoms with Gasteiger partial charge in [-0.05, 0) is 31.4 Å². The lowest BCUT2D eigenvalue weighted by Gasteiger charge is -2.21. The number of benzene rings is 1. The number of nitrogens with one attached hydrogen (secondary N) is 2. The molecular formula is C17H24N2O4. The zero-order valence-electron chi connectivity index (χ0n) is 13.8. The van der Waals surface area contributed by atoms with Crippen molar-refractivity contribution in [2.45, 2.75) is 39.7 Å². The first-order valence-corrected chi connectivity index (χ1v) is 7.68. The second-order valence-electron chi connectivity index (χ2n) is 5.85. The summed E-state index contributed by atoms with van der Waals surface area (Å²) in [7, 11) is 0. The first-order valence-electron chi connectivity index (χ1n) is 7.68. The molecule has 0 bridgehead atoms. The number of carbonyl (C=O) groups excluding carboxylic acids is 2. The minimum Gasteiger partial charge on any atom is -0.481 e. The quantitative estimate of drug-likeness (QED) is 0.636. The van der Waals surface area contributed by atoms with E-state index in [-0.39, 0.29) is 30.7 Å². The molecule has 0 aliphatic carbocycles. The summed E-state index contributed by atoms with van der Waals surface area (Å²) < 4.78 is 0. The summed E-state index contributed by atoms with van der Waals surface area (Å²) >= 11 is 0. The van der Waals surface area contributed by atoms with E-state index in [4.69, 9.17) is 5.11 Å². The maximum Gasteiger partial charge on any atom is 0.303 e. The lowest BCUT2D eigenvalue weighted by molar-refractivity contribution is -0.137. The van der Waals surface area contributed by atoms with Crippen molar-refractivity contribution in [2.24, 2.45) is 5.92 Å². The van der Waals surface area contributed by atoms with Crippen LogP contribution in [0.2, 0.25) is 0 Å². The maximum atomic E-state index is 12.3. The van der Waals surface area contributed by atoms with E-state index >= 15 is 0 Å². The summed E-state index contributed by atoms with van der Waals surface area (Å²) in [6.45, 7) is 5.86. The normalized spacial score (nSPS) is 11.8. The van der Waals surface area contributed by atoms with Crippen molar-refractivity contribution in [1.82, 2.24) is 10.6 Å². The fourth-order valence-electron chi connectivity index (χ4n) is 2.11. The fourth-order valence-corrected chi connectivity index (χ4v) is 2.11. The monoisotopic (exact) mass is 320 g/mol. The van der Waals surface area contributed by atoms with E-state index in [1.807, 2.05) is 26.8 Å². The van der Waals surface area contributed by atoms with Gasteiger partial charge in [0, 0.05) is 18.5 Å². The molecule has 3 N–H and O–H groups in total. The highest BCUT2D eigenvalue weighted by Gasteiger charge is 2.24. The van der Waals surface area contributed by atoms with Crippen LogP contribution in [0.4, 0.5) is 0 Å². The van der Waals surface area contributed by atoms with E-state index in [1.165, 1.54) is 0 Å². The molecule has 0 fully saturated rings. The summed E-state index contributed by atoms with van der Waals surface area (Å²) in [5.41, 5.74) is 1.48. The summed E-state index contributed by atoms with van der Waals surface area (Å²) in [4.78, 5) is 34.9. The smallest absolute Gasteiger partial charge is 0.303 e. The Labute approximate surface area is 136 Å². The molecule has 0 saturated carbocycles. The van der Waals surface area contributed by atoms with Crippen molar-refractivity contribution >= 4 is 17.8 Å². The standard InChI is InChI=1S/C17H24N2O4/c1-11(2)15(17(23)18-9-5-8-14(20)21)19-16(22)13-7-4-6-12(3)10-13/h4,6-7,10-11,15H,5,8-9H2,1-3H3,(H,18,23)(H,19,22)(H,20,21). The van der Waals surface area contributed by atoms with Gasteiger partial charge in [0.2, 0.25) is 5.91 Å². The highest BCUT2D eigenvalue weighted by Crippen LogP contribution is 2.07. The van der Waals surface area contributed by atoms with Gasteiger partial charge in [0.1, 0.15) is 6.04 Å². The predicted octanol–water partition coefficient (Wildman–Crippen LogP) is 1.73. The molecule has 0 saturated heterocycles. The number of carboxylic acids is 1. The number of hydrogen-bond acceptors (Lipinski definition) is 3. The lowest BCUT2D eigenvalue weighted by atomic mass is 10.0. The Morgan fingerprint density at radius 1 is 1.22 bits per heavy atom. The van der Waals surface area contributed by atoms with Crippen molar-refractivity contribution < 1.29 is 19.5 Å². The predicted molar refractivity (Wildman–Crippen MR) is 87.2 cm³/mol. The first kappa shape index (κ1) is 18.7. The molecule has 1 aromatic carbocycles. The summed E-state index contributed by atoms with van der Waals surface area (Å²) in [5, 5.41) is 14.0. The minimum atomic E-state index is -0.896. The number of carbonyl (C=O) groups is 3. The van der Waals surface area contributed by atoms with Crippen LogP contribution in [0.5, 0.6) is 0 Å². The molecule has 0 aliphatic heterocycles. The second kappa shape index (κ2) is 8.92. The Bertz CT molecular complexity index is 569. The van der Waals surface area contributed by atoms with Crippen molar-refractivity contribution in [2.75, 3.05) is 6.54 Å². The van der Waals surface area contributed by atoms with E-state index in [0.29, 0.717) is 12.0 Å². The fraction of sp³-hybridized carbons (Fsp3) is 0.471. The zero-order chi connectivity index (χ0) is 17.4. The molecule has 6 nitrogen and oxygen atoms in total. The minimum absolute atomic E-state index is 0.00226. The Hall–Kier alpha value is -2.37. The zero-order valence-corrected chi connectivity index (χ0v) is 13.8. The Morgan fingerprint density at radius 3 is 2.48 bits per heavy atom. The third-order valence-electron chi connectivity index (χ3n) is 3.38. The van der Waals surface area contributed by atoms with Crippen molar-refractivity contribution in [3.05, 3.63) is 35.4 Å². The number of amides is 2. The molecule has 1 aromatic rings. The molecule has 1 rings (SSSR count). The average molecular weight is 320 g/mol. The molecule has 0 spiro atoms. The van der Waals surface area contributed by atoms with Gasteiger partial charge in [-0.1, -0.05) is 31.5 Å². The van der Waals surface area contributed by atoms with Gasteiger partial charge >= 0.3 is 5.97 Å². The third kappa shape index (κ3) is 6.50. The summed E-state index contributed by atoms with van der Waals surface area (Å²) in [6, 6.07) is 6.49. The summed E-state index contributed by atoms with van der Waals surface area (Å²) in [6.07, 6.45) is 0.361. The van der Waals surface area contributed by atoms with Gasteiger partial charge in [-0.2, -0.15) is 0 Å². The number of aryl methyl sites for hydroxylation is 1. The van der Waals surface area contributed by atoms with Crippen LogP contribution in [-0.2, 0) is 9.59 Å². The number of rotatable bonds is 8. The molecule has 0 aromatic heterocycles. The van der Waals surface area contributed by atoms with Gasteiger partial charge in [0.15, 0.2) is 0 Å². The number of hydrogen-bond donors (Lipinski definition) is 3. The number of aliphatic carboxylic acids is 1. The van der Waals surface area contributed by atoms with Gasteiger partial charge in [-0.15, -0.1) is 0 Å². The molecule has 6 heteroatoms. The van der Waals surface area contributed by atoms with E-state index in [2.05, 4.69) is 10.6 Å². The van der Waals surface area contributed by atoms with E-state index in [1.54, 1.807) is 18.2 Å². The average Bonchev–Trinajstić information content (AvgIpc) is 2.48. The molecule has 2 amide bonds. The Balaban J connectivity index is 2.62. The molecule has 0 aliphatic rings. The maximum absolute atomic E-state index is 12.3. The molecule has 1 unspecified atom stereocenters. The van der Waals surface area contributed by atoms with Crippen LogP contribution in [0.15, 0.2) is 24.3 Å². The SMILES string of the molecule is Cc1cccc(C(=O)NC(C(=O)NCCCC(=O)O)C(C)C)c1. The van der Waals surface area contributed by atoms with Crippen LogP contribution in [0.3, 0.4) is 0 Å². The van der Waals surface area contributed by atoms with Gasteiger partial charge in [0.25, 0.3) is 5.91 Å². The van der Waals surface area contributed by atoms with Crippen LogP contribution >= 0.6 is 0 Å². The Morgan fingerprint density at radius 2 is 1.91 bits per heavy atom. The molecule has 1 atom stereocenters. The van der Waals surface area contributed by atoms with Gasteiger partial charge in [-0.3, -0.25) is 14.4 Å². The van der Waals surface area contributed by atoms with Crippen LogP contribution < -0.4 is 10.6 Å². The highest BCUT2D eigenvalue weighted by atomic mass is 16.4. The van der Waals surface area contributed by atoms with Crippen molar-refractivity contribution in [1.29, 1.82) is 0 Å². The van der Waals surface area contributed by atoms with Crippen molar-refractivity contribution in [3.63, 3.8) is 0 Å². The van der Waals surface area contributed by atoms with Gasteiger partial charge < -0.3 is 15.7 Å². The molecule has 0 radical (unpaired) electrons. The molecule has 0 heterocycles. The Kier molecular flexibility index (Phi) is 7.25. The summed E-state index contributed by atoms with van der Waals surface area (Å²) in [5.74, 6) is -1.57. The van der Waals surface area contributed by atoms with E-state index in [0.717, 1.165) is 5.56 Å². The van der Waals surface area contributed by atoms with Crippen LogP contribution in [0, 0.1) is 12.8 Å². The van der Waals surface area contributed by atoms with E-state index < -0.39 is 12.0 Å². The van der Waals surface area contributed by atoms with Gasteiger partial charge in [-0.25, -0.2) is 0 Å². The lowest BCUT2D eigenvalue weighted by Crippen LogP contribution is -2.49. The van der Waals surface area contributed by atoms with Crippen LogP contribution in [0.25, 0.3) is 0 Å². The molecule has 126 valence electrons. The van der Waals surface area contributed by atoms with Crippen LogP contribution in [0.1, 0.15) is 42.6 Å². The van der Waals surface area contributed by atoms with Crippen LogP contribution in [-0.4, -0.2) is 35.5 Å². The van der Waals surface area contributed by atoms with E-state index in [9.17, 15) is 14.4 Å².